The number of anilines is 3. The largest absolute Gasteiger partial charge is 0.310 e. The summed E-state index contributed by atoms with van der Waals surface area (Å²) < 4.78 is 0. The second kappa shape index (κ2) is 15.5. The Bertz CT molecular complexity index is 3680. The van der Waals surface area contributed by atoms with E-state index < -0.39 is 0 Å². The molecule has 0 bridgehead atoms. The highest BCUT2D eigenvalue weighted by Gasteiger charge is 2.43. The average molecular weight is 898 g/mol. The topological polar surface area (TPSA) is 3.24 Å². The van der Waals surface area contributed by atoms with Crippen LogP contribution in [-0.2, 0) is 16.2 Å². The van der Waals surface area contributed by atoms with E-state index in [0.717, 1.165) is 17.1 Å². The monoisotopic (exact) mass is 897 g/mol. The van der Waals surface area contributed by atoms with Crippen molar-refractivity contribution in [3.63, 3.8) is 0 Å². The lowest BCUT2D eigenvalue weighted by atomic mass is 9.77. The summed E-state index contributed by atoms with van der Waals surface area (Å²) in [6.45, 7) is 14.4. The zero-order valence-corrected chi connectivity index (χ0v) is 40.8. The van der Waals surface area contributed by atoms with E-state index in [1.54, 1.807) is 0 Å². The van der Waals surface area contributed by atoms with E-state index in [2.05, 4.69) is 271 Å². The first-order valence-electron chi connectivity index (χ1n) is 24.9. The molecule has 0 aliphatic heterocycles. The van der Waals surface area contributed by atoms with Crippen LogP contribution in [0.3, 0.4) is 0 Å². The Balaban J connectivity index is 0.891. The molecule has 0 saturated carbocycles. The quantitative estimate of drug-likeness (QED) is 0.154. The van der Waals surface area contributed by atoms with Crippen molar-refractivity contribution in [3.8, 4) is 77.9 Å². The maximum Gasteiger partial charge on any atom is 0.0465 e. The summed E-state index contributed by atoms with van der Waals surface area (Å²) in [5.41, 5.74) is 29.4. The molecule has 0 spiro atoms. The van der Waals surface area contributed by atoms with E-state index in [0.29, 0.717) is 0 Å². The summed E-state index contributed by atoms with van der Waals surface area (Å²) in [7, 11) is 0. The normalized spacial score (nSPS) is 14.8. The Morgan fingerprint density at radius 3 is 1.27 bits per heavy atom. The maximum atomic E-state index is 2.53. The van der Waals surface area contributed by atoms with Gasteiger partial charge < -0.3 is 4.90 Å². The molecule has 13 rings (SSSR count). The number of benzene rings is 10. The van der Waals surface area contributed by atoms with E-state index in [9.17, 15) is 0 Å². The SMILES string of the molecule is CC1(C)c2ccccc2-c2cc(-c3ccc(N(c4ccc(-c5ccc(-c6ccccc6)cc5)cc4)c4ccc5c(c4)C(C)(C)c4cc6c(cc4-5)C(C)(C)c4c(-c5ccccc5)cccc4-6)cc3)ccc21. The fourth-order valence-corrected chi connectivity index (χ4v) is 12.5. The third-order valence-electron chi connectivity index (χ3n) is 16.3. The minimum atomic E-state index is -0.217. The van der Waals surface area contributed by atoms with Gasteiger partial charge in [-0.1, -0.05) is 211 Å². The van der Waals surface area contributed by atoms with Gasteiger partial charge in [0, 0.05) is 33.3 Å². The number of hydrogen-bond acceptors (Lipinski definition) is 1. The first-order chi connectivity index (χ1) is 34.0. The van der Waals surface area contributed by atoms with Crippen LogP contribution in [-0.4, -0.2) is 0 Å². The van der Waals surface area contributed by atoms with Crippen molar-refractivity contribution < 1.29 is 0 Å². The molecule has 336 valence electrons. The first-order valence-corrected chi connectivity index (χ1v) is 24.9. The van der Waals surface area contributed by atoms with E-state index in [1.165, 1.54) is 111 Å². The molecule has 10 aromatic rings. The van der Waals surface area contributed by atoms with Gasteiger partial charge in [-0.2, -0.15) is 0 Å². The Kier molecular flexibility index (Phi) is 9.33. The highest BCUT2D eigenvalue weighted by molar-refractivity contribution is 5.94. The van der Waals surface area contributed by atoms with Gasteiger partial charge in [0.2, 0.25) is 0 Å². The minimum Gasteiger partial charge on any atom is -0.310 e. The molecule has 1 nitrogen and oxygen atoms in total. The van der Waals surface area contributed by atoms with Gasteiger partial charge in [-0.25, -0.2) is 0 Å². The molecule has 0 unspecified atom stereocenters. The Morgan fingerprint density at radius 1 is 0.229 bits per heavy atom. The third-order valence-corrected chi connectivity index (χ3v) is 16.3. The predicted octanol–water partition coefficient (Wildman–Crippen LogP) is 18.7. The molecule has 0 N–H and O–H groups in total. The van der Waals surface area contributed by atoms with Crippen molar-refractivity contribution in [3.05, 3.63) is 258 Å². The molecule has 3 aliphatic rings. The van der Waals surface area contributed by atoms with Gasteiger partial charge in [0.15, 0.2) is 0 Å². The molecule has 0 aromatic heterocycles. The van der Waals surface area contributed by atoms with E-state index in [1.807, 2.05) is 0 Å². The first kappa shape index (κ1) is 42.1. The Hall–Kier alpha value is -8.00. The fraction of sp³-hybridized carbons (Fsp3) is 0.130. The Labute approximate surface area is 413 Å². The summed E-state index contributed by atoms with van der Waals surface area (Å²) in [6.07, 6.45) is 0. The highest BCUT2D eigenvalue weighted by Crippen LogP contribution is 2.58. The molecule has 0 saturated heterocycles. The van der Waals surface area contributed by atoms with Crippen molar-refractivity contribution in [2.24, 2.45) is 0 Å². The minimum absolute atomic E-state index is 0.0174. The van der Waals surface area contributed by atoms with Crippen LogP contribution in [0.4, 0.5) is 17.1 Å². The van der Waals surface area contributed by atoms with Gasteiger partial charge in [0.05, 0.1) is 0 Å². The highest BCUT2D eigenvalue weighted by atomic mass is 15.1. The maximum absolute atomic E-state index is 2.53. The Morgan fingerprint density at radius 2 is 0.629 bits per heavy atom. The van der Waals surface area contributed by atoms with Gasteiger partial charge >= 0.3 is 0 Å². The van der Waals surface area contributed by atoms with E-state index in [4.69, 9.17) is 0 Å². The molecule has 0 radical (unpaired) electrons. The van der Waals surface area contributed by atoms with Gasteiger partial charge in [-0.3, -0.25) is 0 Å². The molecular formula is C69H55N. The van der Waals surface area contributed by atoms with Crippen molar-refractivity contribution in [1.29, 1.82) is 0 Å². The summed E-state index contributed by atoms with van der Waals surface area (Å²) in [6, 6.07) is 83.9. The van der Waals surface area contributed by atoms with Gasteiger partial charge in [0.1, 0.15) is 0 Å². The number of fused-ring (bicyclic) bond motifs is 9. The van der Waals surface area contributed by atoms with Crippen LogP contribution < -0.4 is 4.90 Å². The van der Waals surface area contributed by atoms with Gasteiger partial charge in [-0.15, -0.1) is 0 Å². The second-order valence-electron chi connectivity index (χ2n) is 21.3. The zero-order chi connectivity index (χ0) is 47.5. The van der Waals surface area contributed by atoms with Crippen molar-refractivity contribution in [1.82, 2.24) is 0 Å². The second-order valence-corrected chi connectivity index (χ2v) is 21.3. The zero-order valence-electron chi connectivity index (χ0n) is 40.8. The van der Waals surface area contributed by atoms with Crippen molar-refractivity contribution in [2.45, 2.75) is 57.8 Å². The van der Waals surface area contributed by atoms with Crippen LogP contribution in [0.5, 0.6) is 0 Å². The van der Waals surface area contributed by atoms with Crippen molar-refractivity contribution >= 4 is 17.1 Å². The smallest absolute Gasteiger partial charge is 0.0465 e. The summed E-state index contributed by atoms with van der Waals surface area (Å²) in [4.78, 5) is 2.44. The molecule has 10 aromatic carbocycles. The lowest BCUT2D eigenvalue weighted by Crippen LogP contribution is -2.18. The van der Waals surface area contributed by atoms with Crippen LogP contribution in [0.2, 0.25) is 0 Å². The van der Waals surface area contributed by atoms with Crippen LogP contribution in [0.15, 0.2) is 224 Å². The van der Waals surface area contributed by atoms with Crippen molar-refractivity contribution in [2.75, 3.05) is 4.90 Å². The molecule has 1 heteroatoms. The van der Waals surface area contributed by atoms with Crippen LogP contribution in [0.1, 0.15) is 74.9 Å². The van der Waals surface area contributed by atoms with Crippen LogP contribution in [0, 0.1) is 0 Å². The number of rotatable bonds is 7. The average Bonchev–Trinajstić information content (AvgIpc) is 3.88. The third kappa shape index (κ3) is 6.38. The fourth-order valence-electron chi connectivity index (χ4n) is 12.5. The molecular weight excluding hydrogens is 843 g/mol. The number of hydrogen-bond donors (Lipinski definition) is 0. The lowest BCUT2D eigenvalue weighted by Gasteiger charge is -2.28. The standard InChI is InChI=1S/C69H55N/c1-67(2)61-23-14-13-20-55(61)58-40-50(32-39-62(58)67)48-30-35-52(36-31-48)70(51-33-28-47(29-34-51)46-26-24-45(25-27-46)44-16-9-7-10-17-44)53-37-38-56-59-42-65-60(43-64(59)68(3,4)63(56)41-53)57-22-15-21-54(66(57)69(65,5)6)49-18-11-8-12-19-49/h7-43H,1-6H3. The molecule has 0 atom stereocenters. The van der Waals surface area contributed by atoms with E-state index >= 15 is 0 Å². The molecule has 0 fully saturated rings. The molecule has 0 heterocycles. The molecule has 3 aliphatic carbocycles. The lowest BCUT2D eigenvalue weighted by molar-refractivity contribution is 0.653. The molecule has 70 heavy (non-hydrogen) atoms. The van der Waals surface area contributed by atoms with Crippen LogP contribution >= 0.6 is 0 Å². The molecule has 0 amide bonds. The van der Waals surface area contributed by atoms with Crippen LogP contribution in [0.25, 0.3) is 77.9 Å². The van der Waals surface area contributed by atoms with E-state index in [-0.39, 0.29) is 16.2 Å². The van der Waals surface area contributed by atoms with Gasteiger partial charge in [0.25, 0.3) is 0 Å². The summed E-state index contributed by atoms with van der Waals surface area (Å²) in [5, 5.41) is 0. The predicted molar refractivity (Wildman–Crippen MR) is 296 cm³/mol. The summed E-state index contributed by atoms with van der Waals surface area (Å²) in [5.74, 6) is 0. The van der Waals surface area contributed by atoms with Gasteiger partial charge in [-0.05, 0) is 166 Å². The number of nitrogens with zero attached hydrogens (tertiary/aromatic N) is 1. The summed E-state index contributed by atoms with van der Waals surface area (Å²) >= 11 is 0.